The maximum absolute atomic E-state index is 16.6. The lowest BCUT2D eigenvalue weighted by Crippen LogP contribution is -2.43. The topological polar surface area (TPSA) is 86.3 Å². The molecule has 2 fully saturated rings. The molecule has 1 aliphatic carbocycles. The average Bonchev–Trinajstić information content (AvgIpc) is 3.83. The maximum atomic E-state index is 16.6. The van der Waals surface area contributed by atoms with Crippen LogP contribution in [-0.4, -0.2) is 43.3 Å². The number of allylic oxidation sites excluding steroid dienone is 3. The number of para-hydroxylation sites is 1. The molecule has 3 aliphatic rings. The highest BCUT2D eigenvalue weighted by Crippen LogP contribution is 2.41. The zero-order valence-electron chi connectivity index (χ0n) is 28.6. The van der Waals surface area contributed by atoms with Crippen LogP contribution in [0, 0.1) is 11.7 Å². The number of halogens is 2. The van der Waals surface area contributed by atoms with Crippen LogP contribution in [0.5, 0.6) is 5.75 Å². The normalized spacial score (nSPS) is 21.3. The van der Waals surface area contributed by atoms with Crippen molar-refractivity contribution in [1.29, 1.82) is 0 Å². The van der Waals surface area contributed by atoms with E-state index < -0.39 is 35.4 Å². The zero-order valence-corrected chi connectivity index (χ0v) is 28.6. The van der Waals surface area contributed by atoms with Crippen molar-refractivity contribution in [2.45, 2.75) is 43.4 Å². The quantitative estimate of drug-likeness (QED) is 0.151. The highest BCUT2D eigenvalue weighted by atomic mass is 19.1. The molecule has 4 aromatic carbocycles. The van der Waals surface area contributed by atoms with Crippen LogP contribution < -0.4 is 10.1 Å². The van der Waals surface area contributed by atoms with Crippen molar-refractivity contribution in [3.63, 3.8) is 0 Å². The van der Waals surface area contributed by atoms with Crippen LogP contribution in [0.2, 0.25) is 0 Å². The van der Waals surface area contributed by atoms with Gasteiger partial charge in [-0.2, -0.15) is 0 Å². The Morgan fingerprint density at radius 1 is 0.923 bits per heavy atom. The fraction of sp³-hybridized carbons (Fsp3) is 0.286. The summed E-state index contributed by atoms with van der Waals surface area (Å²) in [7, 11) is 0. The zero-order chi connectivity index (χ0) is 36.0. The van der Waals surface area contributed by atoms with E-state index in [0.29, 0.717) is 42.4 Å². The van der Waals surface area contributed by atoms with Gasteiger partial charge in [0.25, 0.3) is 0 Å². The van der Waals surface area contributed by atoms with Crippen molar-refractivity contribution in [2.24, 2.45) is 5.92 Å². The fourth-order valence-corrected chi connectivity index (χ4v) is 6.93. The number of hydrogen-bond acceptors (Lipinski definition) is 7. The third kappa shape index (κ3) is 7.63. The molecule has 4 aromatic rings. The highest BCUT2D eigenvalue weighted by Gasteiger charge is 2.44. The molecule has 0 saturated carbocycles. The Morgan fingerprint density at radius 2 is 1.62 bits per heavy atom. The van der Waals surface area contributed by atoms with Gasteiger partial charge >= 0.3 is 6.09 Å². The van der Waals surface area contributed by atoms with E-state index in [1.165, 1.54) is 23.1 Å². The summed E-state index contributed by atoms with van der Waals surface area (Å²) >= 11 is 0. The lowest BCUT2D eigenvalue weighted by molar-refractivity contribution is -0.174. The number of hydrogen-bond donors (Lipinski definition) is 1. The van der Waals surface area contributed by atoms with Gasteiger partial charge in [0.1, 0.15) is 30.8 Å². The van der Waals surface area contributed by atoms with Crippen molar-refractivity contribution in [3.8, 4) is 5.75 Å². The van der Waals surface area contributed by atoms with E-state index in [1.54, 1.807) is 42.5 Å². The second-order valence-electron chi connectivity index (χ2n) is 13.1. The van der Waals surface area contributed by atoms with Gasteiger partial charge in [-0.3, -0.25) is 4.79 Å². The molecular formula is C42H40F2N2O6. The first-order chi connectivity index (χ1) is 25.3. The van der Waals surface area contributed by atoms with Gasteiger partial charge in [-0.05, 0) is 47.9 Å². The molecule has 0 spiro atoms. The Hall–Kier alpha value is -5.32. The molecule has 8 nitrogen and oxygen atoms in total. The Bertz CT molecular complexity index is 1910. The molecule has 2 heterocycles. The van der Waals surface area contributed by atoms with Gasteiger partial charge in [-0.25, -0.2) is 18.5 Å². The minimum Gasteiger partial charge on any atom is -0.488 e. The van der Waals surface area contributed by atoms with Gasteiger partial charge in [0, 0.05) is 36.2 Å². The Labute approximate surface area is 301 Å². The number of nitrogens with zero attached hydrogens (tertiary/aromatic N) is 1. The molecule has 2 saturated heterocycles. The fourth-order valence-electron chi connectivity index (χ4n) is 6.93. The minimum atomic E-state index is -1.81. The van der Waals surface area contributed by atoms with Crippen molar-refractivity contribution in [1.82, 2.24) is 10.2 Å². The molecule has 3 atom stereocenters. The lowest BCUT2D eigenvalue weighted by Gasteiger charge is -2.31. The van der Waals surface area contributed by atoms with Crippen LogP contribution in [0.1, 0.15) is 47.6 Å². The third-order valence-electron chi connectivity index (χ3n) is 9.77. The van der Waals surface area contributed by atoms with Gasteiger partial charge in [0.05, 0.1) is 19.1 Å². The number of benzene rings is 4. The molecule has 0 aromatic heterocycles. The van der Waals surface area contributed by atoms with E-state index in [2.05, 4.69) is 5.32 Å². The number of alkyl halides is 1. The summed E-state index contributed by atoms with van der Waals surface area (Å²) < 4.78 is 54.0. The van der Waals surface area contributed by atoms with Crippen LogP contribution in [0.4, 0.5) is 13.6 Å². The monoisotopic (exact) mass is 706 g/mol. The molecule has 52 heavy (non-hydrogen) atoms. The van der Waals surface area contributed by atoms with E-state index in [1.807, 2.05) is 66.7 Å². The van der Waals surface area contributed by atoms with Crippen LogP contribution in [0.15, 0.2) is 133 Å². The second kappa shape index (κ2) is 15.5. The predicted molar refractivity (Wildman–Crippen MR) is 190 cm³/mol. The SMILES string of the molecule is O=C1OC[C@H](c2ccccc2)N1C(=O)[C@H](CCC1(c2ccc(F)cc2)OCCO1)CNC1=CC[C@@](F)(c2ccccc2OCc2ccccc2)C=C1. The van der Waals surface area contributed by atoms with E-state index in [0.717, 1.165) is 11.1 Å². The number of carbonyl (C=O) groups excluding carboxylic acids is 2. The van der Waals surface area contributed by atoms with E-state index >= 15 is 4.39 Å². The number of ether oxygens (including phenoxy) is 4. The van der Waals surface area contributed by atoms with Gasteiger partial charge in [0.2, 0.25) is 5.91 Å². The van der Waals surface area contributed by atoms with Crippen LogP contribution in [0.25, 0.3) is 0 Å². The molecule has 2 amide bonds. The number of carbonyl (C=O) groups is 2. The Morgan fingerprint density at radius 3 is 2.33 bits per heavy atom. The lowest BCUT2D eigenvalue weighted by atomic mass is 9.87. The molecule has 1 N–H and O–H groups in total. The summed E-state index contributed by atoms with van der Waals surface area (Å²) in [6.07, 6.45) is 4.78. The molecule has 7 rings (SSSR count). The third-order valence-corrected chi connectivity index (χ3v) is 9.77. The Balaban J connectivity index is 1.08. The molecule has 268 valence electrons. The van der Waals surface area contributed by atoms with Crippen molar-refractivity contribution >= 4 is 12.0 Å². The second-order valence-corrected chi connectivity index (χ2v) is 13.1. The van der Waals surface area contributed by atoms with Crippen LogP contribution in [-0.2, 0) is 37.1 Å². The molecule has 0 radical (unpaired) electrons. The number of nitrogens with one attached hydrogen (secondary N) is 1. The summed E-state index contributed by atoms with van der Waals surface area (Å²) in [6, 6.07) is 31.4. The van der Waals surface area contributed by atoms with Crippen molar-refractivity contribution < 1.29 is 37.3 Å². The summed E-state index contributed by atoms with van der Waals surface area (Å²) in [5, 5.41) is 3.33. The molecular weight excluding hydrogens is 666 g/mol. The largest absolute Gasteiger partial charge is 0.488 e. The molecule has 0 bridgehead atoms. The summed E-state index contributed by atoms with van der Waals surface area (Å²) in [5.74, 6) is -2.25. The number of rotatable bonds is 13. The van der Waals surface area contributed by atoms with Gasteiger partial charge in [0.15, 0.2) is 11.5 Å². The standard InChI is InChI=1S/C42H40F2N2O6/c43-34-17-15-33(16-18-34)42(51-25-26-52-42)24-19-32(39(47)46-37(29-50-40(46)48)31-11-5-2-6-12-31)27-45-35-20-22-41(44,23-21-35)36-13-7-8-14-38(36)49-28-30-9-3-1-4-10-30/h1-18,20-22,32,37,45H,19,23-29H2/t32-,37-,41-/m1/s1. The first-order valence-corrected chi connectivity index (χ1v) is 17.5. The van der Waals surface area contributed by atoms with Crippen LogP contribution >= 0.6 is 0 Å². The number of imide groups is 1. The molecule has 0 unspecified atom stereocenters. The maximum Gasteiger partial charge on any atom is 0.417 e. The van der Waals surface area contributed by atoms with Gasteiger partial charge in [-0.15, -0.1) is 0 Å². The average molecular weight is 707 g/mol. The van der Waals surface area contributed by atoms with Crippen LogP contribution in [0.3, 0.4) is 0 Å². The predicted octanol–water partition coefficient (Wildman–Crippen LogP) is 8.02. The summed E-state index contributed by atoms with van der Waals surface area (Å²) in [6.45, 7) is 1.17. The first-order valence-electron chi connectivity index (χ1n) is 17.5. The van der Waals surface area contributed by atoms with Gasteiger partial charge in [-0.1, -0.05) is 97.1 Å². The number of amides is 2. The first kappa shape index (κ1) is 35.1. The van der Waals surface area contributed by atoms with E-state index in [9.17, 15) is 14.0 Å². The Kier molecular flexibility index (Phi) is 10.5. The van der Waals surface area contributed by atoms with E-state index in [4.69, 9.17) is 18.9 Å². The van der Waals surface area contributed by atoms with Crippen molar-refractivity contribution in [2.75, 3.05) is 26.4 Å². The smallest absolute Gasteiger partial charge is 0.417 e. The number of cyclic esters (lactones) is 1. The van der Waals surface area contributed by atoms with Crippen molar-refractivity contribution in [3.05, 3.63) is 161 Å². The van der Waals surface area contributed by atoms with Gasteiger partial charge < -0.3 is 24.3 Å². The molecule has 2 aliphatic heterocycles. The summed E-state index contributed by atoms with van der Waals surface area (Å²) in [5.41, 5.74) is 1.65. The van der Waals surface area contributed by atoms with E-state index in [-0.39, 0.29) is 38.2 Å². The minimum absolute atomic E-state index is 0.0417. The molecule has 10 heteroatoms. The highest BCUT2D eigenvalue weighted by molar-refractivity contribution is 5.95. The summed E-state index contributed by atoms with van der Waals surface area (Å²) in [4.78, 5) is 28.6.